The molecule has 3 amide bonds. The average molecular weight is 496 g/mol. The largest absolute Gasteiger partial charge is 0.501 e. The predicted molar refractivity (Wildman–Crippen MR) is 140 cm³/mol. The average Bonchev–Trinajstić information content (AvgIpc) is 3.13. The summed E-state index contributed by atoms with van der Waals surface area (Å²) >= 11 is 0. The standard InChI is InChI=1S/C29H41N3O4/c1-6-23(36-5)18-24(20(2)3)27-15-17-32(16-12-22-10-8-7-9-11-22)21(4)29(27,35)14-13-28(19-27)25(33)30-26(34)31-28/h7-11,18,21,35H,6,12-17,19H2,1-5H3,(H2,30,31,33,34). The van der Waals surface area contributed by atoms with Crippen molar-refractivity contribution in [1.29, 1.82) is 0 Å². The van der Waals surface area contributed by atoms with Gasteiger partial charge in [-0.3, -0.25) is 15.0 Å². The van der Waals surface area contributed by atoms with Crippen LogP contribution < -0.4 is 10.6 Å². The van der Waals surface area contributed by atoms with Crippen molar-refractivity contribution in [3.8, 4) is 0 Å². The van der Waals surface area contributed by atoms with E-state index in [1.807, 2.05) is 13.0 Å². The van der Waals surface area contributed by atoms with Crippen LogP contribution in [0.25, 0.3) is 0 Å². The number of ether oxygens (including phenoxy) is 1. The van der Waals surface area contributed by atoms with Crippen LogP contribution in [0.15, 0.2) is 53.3 Å². The fourth-order valence-corrected chi connectivity index (χ4v) is 6.89. The number of nitrogens with one attached hydrogen (secondary N) is 2. The lowest BCUT2D eigenvalue weighted by molar-refractivity contribution is -0.187. The maximum atomic E-state index is 13.1. The summed E-state index contributed by atoms with van der Waals surface area (Å²) in [6.07, 6.45) is 5.58. The Morgan fingerprint density at radius 3 is 2.50 bits per heavy atom. The molecule has 0 radical (unpaired) electrons. The number of fused-ring (bicyclic) bond motifs is 1. The summed E-state index contributed by atoms with van der Waals surface area (Å²) in [7, 11) is 1.67. The minimum absolute atomic E-state index is 0.122. The number of carbonyl (C=O) groups is 2. The lowest BCUT2D eigenvalue weighted by atomic mass is 9.49. The number of urea groups is 1. The Balaban J connectivity index is 1.75. The lowest BCUT2D eigenvalue weighted by Crippen LogP contribution is -2.72. The van der Waals surface area contributed by atoms with Gasteiger partial charge in [0, 0.05) is 24.4 Å². The number of amides is 3. The molecule has 0 aromatic heterocycles. The van der Waals surface area contributed by atoms with Crippen molar-refractivity contribution in [1.82, 2.24) is 15.5 Å². The van der Waals surface area contributed by atoms with E-state index in [9.17, 15) is 14.7 Å². The molecule has 4 atom stereocenters. The summed E-state index contributed by atoms with van der Waals surface area (Å²) in [4.78, 5) is 27.7. The van der Waals surface area contributed by atoms with Crippen LogP contribution in [-0.2, 0) is 16.0 Å². The van der Waals surface area contributed by atoms with Crippen molar-refractivity contribution < 1.29 is 19.4 Å². The number of methoxy groups -OCH3 is 1. The molecule has 2 heterocycles. The Kier molecular flexibility index (Phi) is 7.35. The summed E-state index contributed by atoms with van der Waals surface area (Å²) < 4.78 is 5.66. The molecule has 2 saturated heterocycles. The number of hydrogen-bond acceptors (Lipinski definition) is 5. The summed E-state index contributed by atoms with van der Waals surface area (Å²) in [6, 6.07) is 9.86. The number of rotatable bonds is 7. The molecule has 3 aliphatic rings. The first-order valence-corrected chi connectivity index (χ1v) is 13.2. The molecule has 1 aromatic carbocycles. The second-order valence-corrected chi connectivity index (χ2v) is 11.0. The second kappa shape index (κ2) is 10.0. The molecule has 4 rings (SSSR count). The number of hydrogen-bond donors (Lipinski definition) is 3. The number of carbonyl (C=O) groups excluding carboxylic acids is 2. The van der Waals surface area contributed by atoms with Gasteiger partial charge in [0.25, 0.3) is 5.91 Å². The summed E-state index contributed by atoms with van der Waals surface area (Å²) in [5, 5.41) is 18.1. The molecule has 0 bridgehead atoms. The first kappa shape index (κ1) is 26.4. The van der Waals surface area contributed by atoms with E-state index in [4.69, 9.17) is 4.74 Å². The highest BCUT2D eigenvalue weighted by Gasteiger charge is 2.67. The van der Waals surface area contributed by atoms with Gasteiger partial charge in [0.15, 0.2) is 0 Å². The van der Waals surface area contributed by atoms with Crippen LogP contribution in [0.5, 0.6) is 0 Å². The second-order valence-electron chi connectivity index (χ2n) is 11.0. The molecule has 36 heavy (non-hydrogen) atoms. The highest BCUT2D eigenvalue weighted by molar-refractivity contribution is 6.07. The molecule has 7 heteroatoms. The number of benzene rings is 1. The van der Waals surface area contributed by atoms with Gasteiger partial charge in [0.2, 0.25) is 0 Å². The zero-order chi connectivity index (χ0) is 26.1. The molecule has 196 valence electrons. The Morgan fingerprint density at radius 2 is 1.92 bits per heavy atom. The van der Waals surface area contributed by atoms with E-state index in [0.717, 1.165) is 42.8 Å². The molecule has 1 aliphatic carbocycles. The molecule has 4 unspecified atom stereocenters. The van der Waals surface area contributed by atoms with Crippen LogP contribution in [-0.4, -0.2) is 59.3 Å². The van der Waals surface area contributed by atoms with Gasteiger partial charge in [0.05, 0.1) is 18.5 Å². The molecular formula is C29H41N3O4. The fraction of sp³-hybridized carbons (Fsp3) is 0.586. The van der Waals surface area contributed by atoms with Gasteiger partial charge in [-0.05, 0) is 76.6 Å². The zero-order valence-electron chi connectivity index (χ0n) is 22.3. The van der Waals surface area contributed by atoms with Crippen LogP contribution in [0.4, 0.5) is 4.79 Å². The first-order chi connectivity index (χ1) is 17.1. The third kappa shape index (κ3) is 4.37. The Morgan fingerprint density at radius 1 is 1.19 bits per heavy atom. The van der Waals surface area contributed by atoms with E-state index in [1.54, 1.807) is 7.11 Å². The number of nitrogens with zero attached hydrogens (tertiary/aromatic N) is 1. The van der Waals surface area contributed by atoms with E-state index in [2.05, 4.69) is 66.6 Å². The third-order valence-electron chi connectivity index (χ3n) is 8.95. The van der Waals surface area contributed by atoms with Crippen molar-refractivity contribution >= 4 is 11.9 Å². The minimum atomic E-state index is -1.07. The molecule has 3 fully saturated rings. The Bertz CT molecular complexity index is 1060. The number of aliphatic hydroxyl groups is 1. The van der Waals surface area contributed by atoms with Gasteiger partial charge in [-0.15, -0.1) is 0 Å². The highest BCUT2D eigenvalue weighted by Crippen LogP contribution is 2.60. The fourth-order valence-electron chi connectivity index (χ4n) is 6.89. The number of allylic oxidation sites excluding steroid dienone is 3. The number of likely N-dealkylation sites (tertiary alicyclic amines) is 1. The lowest BCUT2D eigenvalue weighted by Gasteiger charge is -2.63. The van der Waals surface area contributed by atoms with Crippen LogP contribution in [0.1, 0.15) is 65.4 Å². The van der Waals surface area contributed by atoms with E-state index >= 15 is 0 Å². The van der Waals surface area contributed by atoms with Gasteiger partial charge < -0.3 is 15.2 Å². The van der Waals surface area contributed by atoms with Gasteiger partial charge in [-0.2, -0.15) is 0 Å². The van der Waals surface area contributed by atoms with Crippen LogP contribution in [0.2, 0.25) is 0 Å². The molecule has 2 aliphatic heterocycles. The molecule has 3 N–H and O–H groups in total. The molecule has 7 nitrogen and oxygen atoms in total. The quantitative estimate of drug-likeness (QED) is 0.301. The Labute approximate surface area is 215 Å². The smallest absolute Gasteiger partial charge is 0.322 e. The normalized spacial score (nSPS) is 32.6. The van der Waals surface area contributed by atoms with Crippen molar-refractivity contribution in [3.63, 3.8) is 0 Å². The van der Waals surface area contributed by atoms with Crippen molar-refractivity contribution in [2.24, 2.45) is 5.41 Å². The van der Waals surface area contributed by atoms with E-state index < -0.39 is 22.6 Å². The van der Waals surface area contributed by atoms with Gasteiger partial charge >= 0.3 is 6.03 Å². The Hall–Kier alpha value is -2.64. The number of imide groups is 1. The van der Waals surface area contributed by atoms with E-state index in [-0.39, 0.29) is 11.9 Å². The van der Waals surface area contributed by atoms with Crippen molar-refractivity contribution in [2.75, 3.05) is 20.2 Å². The van der Waals surface area contributed by atoms with Crippen molar-refractivity contribution in [2.45, 2.75) is 83.4 Å². The number of piperidine rings is 1. The maximum absolute atomic E-state index is 13.1. The van der Waals surface area contributed by atoms with Crippen LogP contribution >= 0.6 is 0 Å². The third-order valence-corrected chi connectivity index (χ3v) is 8.95. The van der Waals surface area contributed by atoms with Crippen LogP contribution in [0.3, 0.4) is 0 Å². The summed E-state index contributed by atoms with van der Waals surface area (Å²) in [5.41, 5.74) is 0.594. The minimum Gasteiger partial charge on any atom is -0.501 e. The summed E-state index contributed by atoms with van der Waals surface area (Å²) in [5.74, 6) is 0.550. The van der Waals surface area contributed by atoms with Gasteiger partial charge in [0.1, 0.15) is 5.54 Å². The monoisotopic (exact) mass is 495 g/mol. The van der Waals surface area contributed by atoms with E-state index in [1.165, 1.54) is 5.56 Å². The first-order valence-electron chi connectivity index (χ1n) is 13.2. The maximum Gasteiger partial charge on any atom is 0.322 e. The topological polar surface area (TPSA) is 90.9 Å². The molecule has 1 aromatic rings. The van der Waals surface area contributed by atoms with Crippen molar-refractivity contribution in [3.05, 3.63) is 58.9 Å². The molecule has 1 saturated carbocycles. The molecule has 1 spiro atoms. The zero-order valence-corrected chi connectivity index (χ0v) is 22.3. The van der Waals surface area contributed by atoms with Crippen LogP contribution in [0, 0.1) is 5.41 Å². The summed E-state index contributed by atoms with van der Waals surface area (Å²) in [6.45, 7) is 9.93. The predicted octanol–water partition coefficient (Wildman–Crippen LogP) is 4.08. The van der Waals surface area contributed by atoms with E-state index in [0.29, 0.717) is 25.7 Å². The highest BCUT2D eigenvalue weighted by atomic mass is 16.5. The van der Waals surface area contributed by atoms with Gasteiger partial charge in [-0.1, -0.05) is 42.8 Å². The SMILES string of the molecule is CCC(=CC(=C(C)C)C12CCN(CCc3ccccc3)C(C)C1(O)CCC1(C2)NC(=O)NC1=O)OC. The molecular weight excluding hydrogens is 454 g/mol. The van der Waals surface area contributed by atoms with Gasteiger partial charge in [-0.25, -0.2) is 4.79 Å².